The van der Waals surface area contributed by atoms with Crippen LogP contribution in [0.5, 0.6) is 0 Å². The largest absolute Gasteiger partial charge is 0.416 e. The molecule has 2 radical (unpaired) electrons. The zero-order valence-corrected chi connectivity index (χ0v) is 17.8. The van der Waals surface area contributed by atoms with Gasteiger partial charge in [0.25, 0.3) is 0 Å². The molecular weight excluding hydrogens is 415 g/mol. The summed E-state index contributed by atoms with van der Waals surface area (Å²) >= 11 is 0. The van der Waals surface area contributed by atoms with Gasteiger partial charge in [-0.1, -0.05) is 24.3 Å². The van der Waals surface area contributed by atoms with Crippen LogP contribution in [-0.2, 0) is 10.9 Å². The van der Waals surface area contributed by atoms with Gasteiger partial charge in [-0.3, -0.25) is 4.90 Å². The van der Waals surface area contributed by atoms with Crippen molar-refractivity contribution in [1.82, 2.24) is 9.88 Å². The lowest BCUT2D eigenvalue weighted by Gasteiger charge is -2.48. The topological polar surface area (TPSA) is 37.4 Å². The van der Waals surface area contributed by atoms with Crippen molar-refractivity contribution in [3.05, 3.63) is 71.9 Å². The number of likely N-dealkylation sites (tertiary alicyclic amines) is 1. The number of ether oxygens (including phenoxy) is 1. The second kappa shape index (κ2) is 8.05. The van der Waals surface area contributed by atoms with Gasteiger partial charge in [0.2, 0.25) is 0 Å². The van der Waals surface area contributed by atoms with Crippen molar-refractivity contribution in [3.63, 3.8) is 0 Å². The maximum Gasteiger partial charge on any atom is 0.416 e. The number of aromatic nitrogens is 1. The molecule has 1 N–H and O–H groups in total. The fourth-order valence-electron chi connectivity index (χ4n) is 4.68. The van der Waals surface area contributed by atoms with Crippen molar-refractivity contribution in [2.75, 3.05) is 31.6 Å². The van der Waals surface area contributed by atoms with Gasteiger partial charge in [-0.25, -0.2) is 4.98 Å². The number of halogens is 3. The Bertz CT molecular complexity index is 1140. The summed E-state index contributed by atoms with van der Waals surface area (Å²) in [6.07, 6.45) is -0.350. The van der Waals surface area contributed by atoms with Crippen molar-refractivity contribution in [3.8, 4) is 0 Å². The first-order valence-electron chi connectivity index (χ1n) is 10.8. The molecule has 2 saturated heterocycles. The van der Waals surface area contributed by atoms with Gasteiger partial charge < -0.3 is 10.1 Å². The molecule has 0 unspecified atom stereocenters. The molecule has 7 heteroatoms. The van der Waals surface area contributed by atoms with Gasteiger partial charge in [0.15, 0.2) is 0 Å². The minimum atomic E-state index is -4.39. The third-order valence-electron chi connectivity index (χ3n) is 6.33. The number of alkyl halides is 3. The molecule has 3 heterocycles. The molecular formula is C25H24F3N3O. The molecule has 166 valence electrons. The summed E-state index contributed by atoms with van der Waals surface area (Å²) in [6, 6.07) is 11.1. The summed E-state index contributed by atoms with van der Waals surface area (Å²) in [5, 5.41) is 4.93. The lowest BCUT2D eigenvalue weighted by molar-refractivity contribution is -0.139. The van der Waals surface area contributed by atoms with E-state index in [1.807, 2.05) is 25.1 Å². The molecule has 32 heavy (non-hydrogen) atoms. The average molecular weight is 439 g/mol. The predicted molar refractivity (Wildman–Crippen MR) is 118 cm³/mol. The summed E-state index contributed by atoms with van der Waals surface area (Å²) in [5.74, 6) is 0.524. The van der Waals surface area contributed by atoms with Crippen LogP contribution in [0.25, 0.3) is 10.8 Å². The molecule has 2 aromatic carbocycles. The number of nitrogens with zero attached hydrogens (tertiary/aromatic N) is 2. The number of anilines is 2. The Kier molecular flexibility index (Phi) is 5.34. The first-order valence-corrected chi connectivity index (χ1v) is 10.8. The van der Waals surface area contributed by atoms with Crippen molar-refractivity contribution in [1.29, 1.82) is 0 Å². The normalized spacial score (nSPS) is 18.6. The van der Waals surface area contributed by atoms with Crippen LogP contribution in [0.15, 0.2) is 48.7 Å². The van der Waals surface area contributed by atoms with Crippen LogP contribution in [0.4, 0.5) is 24.7 Å². The molecule has 5 rings (SSSR count). The number of hydrogen-bond acceptors (Lipinski definition) is 4. The van der Waals surface area contributed by atoms with Crippen molar-refractivity contribution in [2.45, 2.75) is 25.9 Å². The van der Waals surface area contributed by atoms with Crippen LogP contribution < -0.4 is 5.32 Å². The molecule has 3 aromatic rings. The minimum Gasteiger partial charge on any atom is -0.380 e. The van der Waals surface area contributed by atoms with Crippen LogP contribution in [-0.4, -0.2) is 36.2 Å². The molecule has 0 saturated carbocycles. The molecule has 2 fully saturated rings. The van der Waals surface area contributed by atoms with E-state index in [1.54, 1.807) is 12.3 Å². The fourth-order valence-corrected chi connectivity index (χ4v) is 4.68. The lowest BCUT2D eigenvalue weighted by atomic mass is 9.78. The second-order valence-corrected chi connectivity index (χ2v) is 8.85. The van der Waals surface area contributed by atoms with E-state index in [4.69, 9.17) is 4.74 Å². The van der Waals surface area contributed by atoms with Crippen LogP contribution in [0.1, 0.15) is 29.5 Å². The Morgan fingerprint density at radius 1 is 1.16 bits per heavy atom. The van der Waals surface area contributed by atoms with Crippen LogP contribution >= 0.6 is 0 Å². The van der Waals surface area contributed by atoms with Crippen LogP contribution in [0.3, 0.4) is 0 Å². The minimum absolute atomic E-state index is 0.245. The summed E-state index contributed by atoms with van der Waals surface area (Å²) < 4.78 is 44.8. The highest BCUT2D eigenvalue weighted by Crippen LogP contribution is 2.39. The number of nitrogens with one attached hydrogen (secondary N) is 1. The second-order valence-electron chi connectivity index (χ2n) is 8.85. The van der Waals surface area contributed by atoms with Gasteiger partial charge in [-0.05, 0) is 55.5 Å². The van der Waals surface area contributed by atoms with E-state index >= 15 is 0 Å². The van der Waals surface area contributed by atoms with E-state index in [0.717, 1.165) is 66.8 Å². The number of fused-ring (bicyclic) bond motifs is 1. The highest BCUT2D eigenvalue weighted by molar-refractivity contribution is 5.98. The van der Waals surface area contributed by atoms with Crippen molar-refractivity contribution < 1.29 is 17.9 Å². The van der Waals surface area contributed by atoms with Gasteiger partial charge in [0, 0.05) is 34.8 Å². The Morgan fingerprint density at radius 3 is 2.72 bits per heavy atom. The summed E-state index contributed by atoms with van der Waals surface area (Å²) in [7, 11) is 0. The predicted octanol–water partition coefficient (Wildman–Crippen LogP) is 5.80. The number of aryl methyl sites for hydroxylation is 1. The van der Waals surface area contributed by atoms with E-state index in [0.29, 0.717) is 11.5 Å². The summed E-state index contributed by atoms with van der Waals surface area (Å²) in [6.45, 7) is 9.06. The van der Waals surface area contributed by atoms with Crippen molar-refractivity contribution >= 4 is 22.3 Å². The number of piperidine rings is 1. The van der Waals surface area contributed by atoms with Gasteiger partial charge in [-0.15, -0.1) is 0 Å². The molecule has 2 aliphatic rings. The van der Waals surface area contributed by atoms with E-state index in [2.05, 4.69) is 21.7 Å². The first-order chi connectivity index (χ1) is 15.3. The molecule has 0 atom stereocenters. The van der Waals surface area contributed by atoms with Gasteiger partial charge in [-0.2, -0.15) is 13.2 Å². The number of hydrogen-bond donors (Lipinski definition) is 1. The molecule has 2 aliphatic heterocycles. The monoisotopic (exact) mass is 439 g/mol. The third kappa shape index (κ3) is 4.07. The first kappa shape index (κ1) is 21.2. The van der Waals surface area contributed by atoms with Gasteiger partial charge in [0.05, 0.1) is 25.3 Å². The smallest absolute Gasteiger partial charge is 0.380 e. The lowest BCUT2D eigenvalue weighted by Crippen LogP contribution is -2.53. The van der Waals surface area contributed by atoms with Crippen molar-refractivity contribution in [2.24, 2.45) is 5.41 Å². The fraction of sp³-hybridized carbons (Fsp3) is 0.360. The molecule has 0 aliphatic carbocycles. The Morgan fingerprint density at radius 2 is 1.97 bits per heavy atom. The molecule has 1 spiro atoms. The highest BCUT2D eigenvalue weighted by atomic mass is 19.4. The third-order valence-corrected chi connectivity index (χ3v) is 6.33. The van der Waals surface area contributed by atoms with Gasteiger partial charge in [0.1, 0.15) is 5.82 Å². The van der Waals surface area contributed by atoms with Crippen LogP contribution in [0, 0.1) is 18.9 Å². The molecule has 4 nitrogen and oxygen atoms in total. The van der Waals surface area contributed by atoms with Gasteiger partial charge >= 0.3 is 6.18 Å². The summed E-state index contributed by atoms with van der Waals surface area (Å²) in [5.41, 5.74) is 1.86. The maximum absolute atomic E-state index is 13.1. The Labute approximate surface area is 185 Å². The maximum atomic E-state index is 13.1. The SMILES string of the molecule is Cc1cccc2c(Nc3cccc(C(F)(F)F)c3)ncc([C]N3CCCC4(COC4)C3)c12. The van der Waals surface area contributed by atoms with E-state index in [1.165, 1.54) is 12.5 Å². The zero-order chi connectivity index (χ0) is 22.3. The standard InChI is InChI=1S/C25H24F3N3O/c1-17-5-2-8-21-22(17)18(13-31-10-4-9-24(14-31)15-32-16-24)12-29-23(21)30-20-7-3-6-19(11-20)25(26,27)28/h2-3,5-8,11-12H,4,9-10,14-16H2,1H3,(H,29,30). The highest BCUT2D eigenvalue weighted by Gasteiger charge is 2.42. The van der Waals surface area contributed by atoms with E-state index in [-0.39, 0.29) is 5.41 Å². The Balaban J connectivity index is 1.46. The molecule has 1 aromatic heterocycles. The summed E-state index contributed by atoms with van der Waals surface area (Å²) in [4.78, 5) is 6.80. The number of pyridine rings is 1. The number of benzene rings is 2. The van der Waals surface area contributed by atoms with E-state index in [9.17, 15) is 13.2 Å². The number of rotatable bonds is 4. The molecule has 0 amide bonds. The Hall–Kier alpha value is -2.64. The van der Waals surface area contributed by atoms with Crippen LogP contribution in [0.2, 0.25) is 0 Å². The average Bonchev–Trinajstić information content (AvgIpc) is 2.74. The molecule has 0 bridgehead atoms. The zero-order valence-electron chi connectivity index (χ0n) is 17.8. The van der Waals surface area contributed by atoms with E-state index < -0.39 is 11.7 Å². The quantitative estimate of drug-likeness (QED) is 0.557.